The first-order valence-corrected chi connectivity index (χ1v) is 26.6. The molecule has 4 aromatic rings. The number of benzene rings is 2. The number of hydrogen-bond acceptors (Lipinski definition) is 23. The van der Waals surface area contributed by atoms with E-state index in [1.54, 1.807) is 43.5 Å². The van der Waals surface area contributed by atoms with Crippen molar-refractivity contribution in [3.8, 4) is 16.9 Å². The quantitative estimate of drug-likeness (QED) is 0.0830. The summed E-state index contributed by atoms with van der Waals surface area (Å²) < 4.78 is 119. The fourth-order valence-corrected chi connectivity index (χ4v) is 6.07. The largest absolute Gasteiger partial charge is 0.495 e. The molecule has 0 spiro atoms. The number of nitrogens with one attached hydrogen (secondary N) is 2. The smallest absolute Gasteiger partial charge is 0.494 e. The fourth-order valence-electron chi connectivity index (χ4n) is 5.64. The van der Waals surface area contributed by atoms with Gasteiger partial charge in [0.2, 0.25) is 0 Å². The van der Waals surface area contributed by atoms with Crippen LogP contribution in [0.5, 0.6) is 5.75 Å². The molecular formula is C45H62BBrN6O19S4. The van der Waals surface area contributed by atoms with Crippen molar-refractivity contribution < 1.29 is 83.7 Å². The highest BCUT2D eigenvalue weighted by molar-refractivity contribution is 9.10. The highest BCUT2D eigenvalue weighted by Gasteiger charge is 2.51. The summed E-state index contributed by atoms with van der Waals surface area (Å²) in [4.78, 5) is 56.2. The number of methoxy groups -OCH3 is 1. The Kier molecular flexibility index (Phi) is 36.0. The number of ketones is 2. The van der Waals surface area contributed by atoms with Gasteiger partial charge >= 0.3 is 49.6 Å². The minimum absolute atomic E-state index is 0. The normalized spacial score (nSPS) is 11.8. The first-order valence-electron chi connectivity index (χ1n) is 21.8. The van der Waals surface area contributed by atoms with E-state index in [1.807, 2.05) is 58.9 Å². The Morgan fingerprint density at radius 2 is 0.961 bits per heavy atom. The zero-order chi connectivity index (χ0) is 58.4. The molecule has 76 heavy (non-hydrogen) atoms. The van der Waals surface area contributed by atoms with Gasteiger partial charge in [0.25, 0.3) is 11.8 Å². The van der Waals surface area contributed by atoms with Crippen molar-refractivity contribution >= 4 is 106 Å². The summed E-state index contributed by atoms with van der Waals surface area (Å²) in [5, 5.41) is 5.27. The van der Waals surface area contributed by atoms with E-state index in [4.69, 9.17) is 76.0 Å². The second-order valence-electron chi connectivity index (χ2n) is 15.7. The average Bonchev–Trinajstić information content (AvgIpc) is 3.52. The number of Topliss-reactive ketones (excluding diaryl/α,β-unsaturated/α-hetero) is 2. The van der Waals surface area contributed by atoms with Crippen LogP contribution >= 0.6 is 15.9 Å². The lowest BCUT2D eigenvalue weighted by molar-refractivity contribution is 0.00578. The average molecular weight is 1210 g/mol. The standard InChI is InChI=1S/C20H24N2O3.C13H20BNO2.C11H14BrN3O2.CH4.4O3S/c1-4-6-18(23)16-10-14(11-17(22-16)19(24)7-5-2)13-8-9-15(21)20(12-13)25-3;1-9-8-10(6-7-11(9)15)14-16-12(2,3)13(4,5)17-14;1-3-13-10(16)8-5-7(12)6-9(15-8)11(17)14-4-2;;4*1-4(2)3/h8-12H,4-7,21H2,1-3H3;6-8H,15H2,1-5H3;5-6H,3-4H2,1-2H3,(H,13,16)(H,14,17);1H4;;;;. The van der Waals surface area contributed by atoms with Crippen LogP contribution in [0, 0.1) is 6.92 Å². The number of rotatable bonds is 13. The summed E-state index contributed by atoms with van der Waals surface area (Å²) >= 11 is 3.25. The minimum Gasteiger partial charge on any atom is -0.495 e. The number of aromatic nitrogens is 2. The topological polar surface area (TPSA) is 403 Å². The first kappa shape index (κ1) is 73.6. The van der Waals surface area contributed by atoms with E-state index in [0.29, 0.717) is 53.2 Å². The summed E-state index contributed by atoms with van der Waals surface area (Å²) in [6.45, 7) is 18.8. The predicted molar refractivity (Wildman–Crippen MR) is 284 cm³/mol. The number of hydrogen-bond donors (Lipinski definition) is 4. The summed E-state index contributed by atoms with van der Waals surface area (Å²) in [6, 6.07) is 17.9. The van der Waals surface area contributed by atoms with Crippen molar-refractivity contribution in [2.75, 3.05) is 31.7 Å². The Bertz CT molecular complexity index is 2850. The molecule has 1 fully saturated rings. The summed E-state index contributed by atoms with van der Waals surface area (Å²) in [6.07, 6.45) is 2.28. The third kappa shape index (κ3) is 29.5. The van der Waals surface area contributed by atoms with Gasteiger partial charge in [-0.15, -0.1) is 50.5 Å². The van der Waals surface area contributed by atoms with Gasteiger partial charge in [-0.05, 0) is 126 Å². The van der Waals surface area contributed by atoms with Gasteiger partial charge in [-0.1, -0.05) is 55.4 Å². The van der Waals surface area contributed by atoms with Crippen LogP contribution in [0.4, 0.5) is 11.4 Å². The lowest BCUT2D eigenvalue weighted by Crippen LogP contribution is -2.41. The summed E-state index contributed by atoms with van der Waals surface area (Å²) in [5.74, 6) is -0.148. The number of aryl methyl sites for hydroxylation is 1. The molecule has 5 rings (SSSR count). The number of nitrogens with zero attached hydrogens (tertiary/aromatic N) is 2. The van der Waals surface area contributed by atoms with Crippen molar-refractivity contribution in [3.05, 3.63) is 93.5 Å². The van der Waals surface area contributed by atoms with E-state index in [9.17, 15) is 19.2 Å². The molecule has 0 aliphatic carbocycles. The van der Waals surface area contributed by atoms with Gasteiger partial charge in [0, 0.05) is 36.1 Å². The van der Waals surface area contributed by atoms with Crippen LogP contribution in [0.2, 0.25) is 0 Å². The molecule has 25 nitrogen and oxygen atoms in total. The Hall–Kier alpha value is -6.64. The SMILES string of the molecule is C.CCCC(=O)c1cc(-c2ccc(N)c(OC)c2)cc(C(=O)CCC)n1.CCNC(=O)c1cc(Br)cc(C(=O)NCC)n1.Cc1cc(B2OC(C)(C)C(C)(C)O2)ccc1N.O=S(=O)=O.O=S(=O)=O.O=S(=O)=O.O=S(=O)=O. The number of pyridine rings is 2. The maximum atomic E-state index is 12.3. The molecule has 0 radical (unpaired) electrons. The lowest BCUT2D eigenvalue weighted by atomic mass is 9.78. The predicted octanol–water partition coefficient (Wildman–Crippen LogP) is 4.14. The third-order valence-electron chi connectivity index (χ3n) is 9.67. The van der Waals surface area contributed by atoms with Crippen LogP contribution in [0.15, 0.2) is 65.1 Å². The Morgan fingerprint density at radius 3 is 1.30 bits per heavy atom. The molecule has 1 aliphatic rings. The number of ether oxygens (including phenoxy) is 1. The number of carbonyl (C=O) groups excluding carboxylic acids is 4. The van der Waals surface area contributed by atoms with Crippen LogP contribution in [0.3, 0.4) is 0 Å². The molecule has 1 aliphatic heterocycles. The van der Waals surface area contributed by atoms with E-state index in [-0.39, 0.29) is 60.5 Å². The number of anilines is 2. The van der Waals surface area contributed by atoms with Crippen LogP contribution in [-0.2, 0) is 51.7 Å². The number of carbonyl (C=O) groups is 4. The zero-order valence-electron chi connectivity index (χ0n) is 42.4. The van der Waals surface area contributed by atoms with Gasteiger partial charge in [-0.3, -0.25) is 19.2 Å². The highest BCUT2D eigenvalue weighted by Crippen LogP contribution is 2.36. The molecule has 420 valence electrons. The van der Waals surface area contributed by atoms with Crippen LogP contribution < -0.4 is 32.3 Å². The molecule has 0 unspecified atom stereocenters. The molecule has 2 aromatic heterocycles. The first-order chi connectivity index (χ1) is 34.7. The number of nitrogens with two attached hydrogens (primary N) is 2. The molecule has 1 saturated heterocycles. The second-order valence-corrected chi connectivity index (χ2v) is 18.3. The number of amides is 2. The van der Waals surface area contributed by atoms with E-state index in [2.05, 4.69) is 64.2 Å². The molecule has 2 amide bonds. The Morgan fingerprint density at radius 1 is 0.592 bits per heavy atom. The van der Waals surface area contributed by atoms with E-state index < -0.39 is 42.4 Å². The van der Waals surface area contributed by atoms with Gasteiger partial charge in [-0.25, -0.2) is 9.97 Å². The third-order valence-corrected chi connectivity index (χ3v) is 10.1. The molecule has 0 bridgehead atoms. The fraction of sp³-hybridized carbons (Fsp3) is 0.422. The van der Waals surface area contributed by atoms with Gasteiger partial charge in [0.1, 0.15) is 28.5 Å². The van der Waals surface area contributed by atoms with Crippen molar-refractivity contribution in [1.29, 1.82) is 0 Å². The van der Waals surface area contributed by atoms with Crippen molar-refractivity contribution in [3.63, 3.8) is 0 Å². The van der Waals surface area contributed by atoms with Crippen LogP contribution in [-0.4, -0.2) is 122 Å². The molecule has 6 N–H and O–H groups in total. The maximum Gasteiger partial charge on any atom is 0.494 e. The second kappa shape index (κ2) is 37.2. The molecule has 2 aromatic carbocycles. The molecular weight excluding hydrogens is 1150 g/mol. The molecule has 0 saturated carbocycles. The summed E-state index contributed by atoms with van der Waals surface area (Å²) in [5.41, 5.74) is 17.2. The van der Waals surface area contributed by atoms with Crippen molar-refractivity contribution in [2.45, 2.75) is 107 Å². The monoisotopic (exact) mass is 1210 g/mol. The van der Waals surface area contributed by atoms with Crippen molar-refractivity contribution in [2.24, 2.45) is 0 Å². The van der Waals surface area contributed by atoms with Gasteiger partial charge in [0.05, 0.1) is 24.0 Å². The number of halogens is 1. The molecule has 3 heterocycles. The Balaban J connectivity index is -0.000000927. The number of nitrogen functional groups attached to an aromatic ring is 2. The lowest BCUT2D eigenvalue weighted by Gasteiger charge is -2.32. The molecule has 0 atom stereocenters. The van der Waals surface area contributed by atoms with E-state index >= 15 is 0 Å². The van der Waals surface area contributed by atoms with E-state index in [1.165, 1.54) is 0 Å². The van der Waals surface area contributed by atoms with Gasteiger partial charge in [-0.2, -0.15) is 0 Å². The minimum atomic E-state index is -3.11. The van der Waals surface area contributed by atoms with Gasteiger partial charge < -0.3 is 36.1 Å². The highest BCUT2D eigenvalue weighted by atomic mass is 79.9. The van der Waals surface area contributed by atoms with Crippen molar-refractivity contribution in [1.82, 2.24) is 20.6 Å². The maximum absolute atomic E-state index is 12.3. The van der Waals surface area contributed by atoms with Crippen LogP contribution in [0.25, 0.3) is 11.1 Å². The Labute approximate surface area is 456 Å². The van der Waals surface area contributed by atoms with Crippen LogP contribution in [0.1, 0.15) is 136 Å². The zero-order valence-corrected chi connectivity index (χ0v) is 47.3. The van der Waals surface area contributed by atoms with E-state index in [0.717, 1.165) is 40.7 Å². The van der Waals surface area contributed by atoms with Gasteiger partial charge in [0.15, 0.2) is 11.6 Å². The molecule has 31 heteroatoms. The summed E-state index contributed by atoms with van der Waals surface area (Å²) in [7, 11) is -11.2.